The molecule has 1 heterocycles. The number of likely N-dealkylation sites (tertiary alicyclic amines) is 1. The van der Waals surface area contributed by atoms with Gasteiger partial charge in [-0.05, 0) is 18.4 Å². The molecule has 0 radical (unpaired) electrons. The van der Waals surface area contributed by atoms with Crippen molar-refractivity contribution in [3.05, 3.63) is 35.9 Å². The number of carbonyl (C=O) groups is 1. The summed E-state index contributed by atoms with van der Waals surface area (Å²) in [6.45, 7) is 4.08. The van der Waals surface area contributed by atoms with Crippen molar-refractivity contribution in [1.82, 2.24) is 4.90 Å². The molecule has 0 aromatic heterocycles. The van der Waals surface area contributed by atoms with E-state index >= 15 is 0 Å². The van der Waals surface area contributed by atoms with Crippen LogP contribution in [0.2, 0.25) is 0 Å². The lowest BCUT2D eigenvalue weighted by molar-refractivity contribution is -0.127. The number of unbranched alkanes of at least 4 members (excludes halogenated alkanes) is 1. The van der Waals surface area contributed by atoms with Crippen LogP contribution in [0.15, 0.2) is 30.3 Å². The first-order valence-electron chi connectivity index (χ1n) is 7.14. The van der Waals surface area contributed by atoms with Gasteiger partial charge in [-0.2, -0.15) is 0 Å². The maximum Gasteiger partial charge on any atom is 0.222 e. The Hall–Kier alpha value is -1.31. The summed E-state index contributed by atoms with van der Waals surface area (Å²) < 4.78 is 0. The Morgan fingerprint density at radius 3 is 2.67 bits per heavy atom. The summed E-state index contributed by atoms with van der Waals surface area (Å²) in [4.78, 5) is 13.8. The van der Waals surface area contributed by atoms with E-state index in [1.165, 1.54) is 24.8 Å². The predicted octanol–water partition coefficient (Wildman–Crippen LogP) is 3.58. The van der Waals surface area contributed by atoms with E-state index < -0.39 is 0 Å². The molecule has 1 fully saturated rings. The maximum atomic E-state index is 11.7. The van der Waals surface area contributed by atoms with Gasteiger partial charge in [-0.3, -0.25) is 4.79 Å². The SMILES string of the molecule is CCCC[C@H](CN1CCCC1=O)c1ccccc1. The third kappa shape index (κ3) is 3.34. The Bertz CT molecular complexity index is 374. The van der Waals surface area contributed by atoms with E-state index in [9.17, 15) is 4.79 Å². The lowest BCUT2D eigenvalue weighted by atomic mass is 9.93. The lowest BCUT2D eigenvalue weighted by Crippen LogP contribution is -2.29. The third-order valence-corrected chi connectivity index (χ3v) is 3.79. The largest absolute Gasteiger partial charge is 0.342 e. The first-order chi connectivity index (χ1) is 8.81. The van der Waals surface area contributed by atoms with Crippen molar-refractivity contribution in [1.29, 1.82) is 0 Å². The van der Waals surface area contributed by atoms with Gasteiger partial charge < -0.3 is 4.90 Å². The van der Waals surface area contributed by atoms with Crippen molar-refractivity contribution in [2.24, 2.45) is 0 Å². The van der Waals surface area contributed by atoms with Crippen molar-refractivity contribution in [2.75, 3.05) is 13.1 Å². The van der Waals surface area contributed by atoms with Crippen molar-refractivity contribution >= 4 is 5.91 Å². The fourth-order valence-electron chi connectivity index (χ4n) is 2.70. The van der Waals surface area contributed by atoms with Gasteiger partial charge in [0, 0.05) is 25.4 Å². The summed E-state index contributed by atoms with van der Waals surface area (Å²) in [5, 5.41) is 0. The van der Waals surface area contributed by atoms with Crippen LogP contribution in [0.1, 0.15) is 50.5 Å². The fraction of sp³-hybridized carbons (Fsp3) is 0.562. The zero-order chi connectivity index (χ0) is 12.8. The molecule has 1 saturated heterocycles. The van der Waals surface area contributed by atoms with Gasteiger partial charge in [0.15, 0.2) is 0 Å². The molecular weight excluding hydrogens is 222 g/mol. The van der Waals surface area contributed by atoms with Crippen LogP contribution < -0.4 is 0 Å². The monoisotopic (exact) mass is 245 g/mol. The third-order valence-electron chi connectivity index (χ3n) is 3.79. The Kier molecular flexibility index (Phi) is 4.80. The lowest BCUT2D eigenvalue weighted by Gasteiger charge is -2.24. The average molecular weight is 245 g/mol. The van der Waals surface area contributed by atoms with E-state index in [0.29, 0.717) is 11.8 Å². The molecule has 2 rings (SSSR count). The number of hydrogen-bond acceptors (Lipinski definition) is 1. The standard InChI is InChI=1S/C16H23NO/c1-2-3-8-15(14-9-5-4-6-10-14)13-17-12-7-11-16(17)18/h4-6,9-10,15H,2-3,7-8,11-13H2,1H3/t15-/m1/s1. The Balaban J connectivity index is 2.03. The van der Waals surface area contributed by atoms with Crippen molar-refractivity contribution in [3.8, 4) is 0 Å². The average Bonchev–Trinajstić information content (AvgIpc) is 2.81. The molecule has 0 aliphatic carbocycles. The molecule has 98 valence electrons. The van der Waals surface area contributed by atoms with Crippen LogP contribution in [0.4, 0.5) is 0 Å². The molecule has 2 nitrogen and oxygen atoms in total. The van der Waals surface area contributed by atoms with Gasteiger partial charge in [0.1, 0.15) is 0 Å². The molecule has 0 bridgehead atoms. The fourth-order valence-corrected chi connectivity index (χ4v) is 2.70. The van der Waals surface area contributed by atoms with Crippen LogP contribution in [0.5, 0.6) is 0 Å². The van der Waals surface area contributed by atoms with E-state index in [0.717, 1.165) is 25.9 Å². The smallest absolute Gasteiger partial charge is 0.222 e. The number of rotatable bonds is 6. The molecule has 0 spiro atoms. The molecule has 1 aliphatic rings. The molecule has 1 aromatic rings. The van der Waals surface area contributed by atoms with Crippen LogP contribution in [-0.2, 0) is 4.79 Å². The predicted molar refractivity (Wildman–Crippen MR) is 74.5 cm³/mol. The van der Waals surface area contributed by atoms with Crippen LogP contribution in [0, 0.1) is 0 Å². The van der Waals surface area contributed by atoms with Gasteiger partial charge >= 0.3 is 0 Å². The molecule has 18 heavy (non-hydrogen) atoms. The highest BCUT2D eigenvalue weighted by molar-refractivity contribution is 5.78. The highest BCUT2D eigenvalue weighted by Crippen LogP contribution is 2.25. The van der Waals surface area contributed by atoms with Gasteiger partial charge in [-0.15, -0.1) is 0 Å². The van der Waals surface area contributed by atoms with E-state index in [1.807, 2.05) is 4.90 Å². The number of amides is 1. The quantitative estimate of drug-likeness (QED) is 0.750. The van der Waals surface area contributed by atoms with E-state index in [2.05, 4.69) is 37.3 Å². The van der Waals surface area contributed by atoms with Crippen molar-refractivity contribution < 1.29 is 4.79 Å². The minimum atomic E-state index is 0.340. The first-order valence-corrected chi connectivity index (χ1v) is 7.14. The summed E-state index contributed by atoms with van der Waals surface area (Å²) in [5.74, 6) is 0.848. The zero-order valence-corrected chi connectivity index (χ0v) is 11.3. The second kappa shape index (κ2) is 6.58. The summed E-state index contributed by atoms with van der Waals surface area (Å²) in [6, 6.07) is 10.6. The van der Waals surface area contributed by atoms with Crippen LogP contribution in [0.25, 0.3) is 0 Å². The van der Waals surface area contributed by atoms with Crippen molar-refractivity contribution in [3.63, 3.8) is 0 Å². The number of carbonyl (C=O) groups excluding carboxylic acids is 1. The molecule has 1 amide bonds. The molecule has 0 N–H and O–H groups in total. The second-order valence-corrected chi connectivity index (χ2v) is 5.19. The van der Waals surface area contributed by atoms with Crippen molar-refractivity contribution in [2.45, 2.75) is 44.9 Å². The molecule has 0 saturated carbocycles. The summed E-state index contributed by atoms with van der Waals surface area (Å²) in [5.41, 5.74) is 1.38. The van der Waals surface area contributed by atoms with E-state index in [4.69, 9.17) is 0 Å². The van der Waals surface area contributed by atoms with E-state index in [1.54, 1.807) is 0 Å². The van der Waals surface area contributed by atoms with Gasteiger partial charge in [-0.25, -0.2) is 0 Å². The molecule has 1 aliphatic heterocycles. The van der Waals surface area contributed by atoms with Crippen LogP contribution >= 0.6 is 0 Å². The highest BCUT2D eigenvalue weighted by atomic mass is 16.2. The van der Waals surface area contributed by atoms with Crippen LogP contribution in [-0.4, -0.2) is 23.9 Å². The molecule has 2 heteroatoms. The van der Waals surface area contributed by atoms with Gasteiger partial charge in [0.05, 0.1) is 0 Å². The Labute approximate surface area is 110 Å². The Morgan fingerprint density at radius 2 is 2.06 bits per heavy atom. The number of nitrogens with zero attached hydrogens (tertiary/aromatic N) is 1. The first kappa shape index (κ1) is 13.1. The number of hydrogen-bond donors (Lipinski definition) is 0. The van der Waals surface area contributed by atoms with Crippen LogP contribution in [0.3, 0.4) is 0 Å². The highest BCUT2D eigenvalue weighted by Gasteiger charge is 2.23. The summed E-state index contributed by atoms with van der Waals surface area (Å²) in [6.07, 6.45) is 5.42. The minimum absolute atomic E-state index is 0.340. The summed E-state index contributed by atoms with van der Waals surface area (Å²) >= 11 is 0. The minimum Gasteiger partial charge on any atom is -0.342 e. The Morgan fingerprint density at radius 1 is 1.28 bits per heavy atom. The summed E-state index contributed by atoms with van der Waals surface area (Å²) in [7, 11) is 0. The normalized spacial score (nSPS) is 17.2. The van der Waals surface area contributed by atoms with E-state index in [-0.39, 0.29) is 0 Å². The van der Waals surface area contributed by atoms with Gasteiger partial charge in [0.25, 0.3) is 0 Å². The second-order valence-electron chi connectivity index (χ2n) is 5.19. The number of benzene rings is 1. The van der Waals surface area contributed by atoms with Gasteiger partial charge in [-0.1, -0.05) is 50.1 Å². The molecular formula is C16H23NO. The zero-order valence-electron chi connectivity index (χ0n) is 11.3. The van der Waals surface area contributed by atoms with Gasteiger partial charge in [0.2, 0.25) is 5.91 Å². The molecule has 0 unspecified atom stereocenters. The topological polar surface area (TPSA) is 20.3 Å². The molecule has 1 aromatic carbocycles. The molecule has 1 atom stereocenters. The maximum absolute atomic E-state index is 11.7.